The first-order valence-corrected chi connectivity index (χ1v) is 10.6. The van der Waals surface area contributed by atoms with Crippen LogP contribution in [-0.2, 0) is 9.53 Å². The summed E-state index contributed by atoms with van der Waals surface area (Å²) in [5.74, 6) is -0.825. The smallest absolute Gasteiger partial charge is 0.338 e. The minimum Gasteiger partial charge on any atom is -0.462 e. The number of piperazine rings is 1. The third kappa shape index (κ3) is 5.48. The molecule has 1 N–H and O–H groups in total. The van der Waals surface area contributed by atoms with E-state index in [0.717, 1.165) is 5.69 Å². The van der Waals surface area contributed by atoms with Crippen LogP contribution in [0.25, 0.3) is 0 Å². The Balaban J connectivity index is 1.90. The number of carbonyl (C=O) groups excluding carboxylic acids is 3. The van der Waals surface area contributed by atoms with Gasteiger partial charge < -0.3 is 19.9 Å². The number of esters is 1. The number of nitrogens with one attached hydrogen (secondary N) is 1. The van der Waals surface area contributed by atoms with E-state index in [0.29, 0.717) is 48.0 Å². The van der Waals surface area contributed by atoms with Gasteiger partial charge in [0, 0.05) is 38.7 Å². The Bertz CT molecular complexity index is 1000. The number of nitrogens with zero attached hydrogens (tertiary/aromatic N) is 2. The first kappa shape index (κ1) is 22.9. The molecule has 0 spiro atoms. The lowest BCUT2D eigenvalue weighted by Crippen LogP contribution is -2.48. The topological polar surface area (TPSA) is 79.0 Å². The molecule has 7 nitrogen and oxygen atoms in total. The van der Waals surface area contributed by atoms with Gasteiger partial charge in [0.25, 0.3) is 5.91 Å². The van der Waals surface area contributed by atoms with Gasteiger partial charge in [-0.25, -0.2) is 4.79 Å². The van der Waals surface area contributed by atoms with Gasteiger partial charge in [0.2, 0.25) is 5.91 Å². The monoisotopic (exact) mass is 463 g/mol. The summed E-state index contributed by atoms with van der Waals surface area (Å²) in [7, 11) is 0. The summed E-state index contributed by atoms with van der Waals surface area (Å²) in [5.41, 5.74) is 1.89. The second-order valence-electron chi connectivity index (χ2n) is 7.03. The fourth-order valence-corrected chi connectivity index (χ4v) is 3.65. The van der Waals surface area contributed by atoms with E-state index in [1.807, 2.05) is 0 Å². The van der Waals surface area contributed by atoms with Gasteiger partial charge in [0.1, 0.15) is 0 Å². The molecule has 0 aromatic heterocycles. The van der Waals surface area contributed by atoms with E-state index in [1.165, 1.54) is 6.07 Å². The van der Waals surface area contributed by atoms with E-state index < -0.39 is 5.97 Å². The highest BCUT2D eigenvalue weighted by Gasteiger charge is 2.23. The highest BCUT2D eigenvalue weighted by atomic mass is 35.5. The summed E-state index contributed by atoms with van der Waals surface area (Å²) >= 11 is 12.0. The first-order valence-electron chi connectivity index (χ1n) is 9.88. The van der Waals surface area contributed by atoms with Crippen molar-refractivity contribution in [3.8, 4) is 0 Å². The quantitative estimate of drug-likeness (QED) is 0.675. The minimum atomic E-state index is -0.472. The number of hydrogen-bond acceptors (Lipinski definition) is 5. The summed E-state index contributed by atoms with van der Waals surface area (Å²) in [4.78, 5) is 40.5. The van der Waals surface area contributed by atoms with E-state index in [-0.39, 0.29) is 23.4 Å². The van der Waals surface area contributed by atoms with Crippen LogP contribution in [0.5, 0.6) is 0 Å². The van der Waals surface area contributed by atoms with Crippen LogP contribution < -0.4 is 10.2 Å². The highest BCUT2D eigenvalue weighted by molar-refractivity contribution is 6.42. The van der Waals surface area contributed by atoms with Crippen molar-refractivity contribution in [2.24, 2.45) is 0 Å². The lowest BCUT2D eigenvalue weighted by atomic mass is 10.1. The second-order valence-corrected chi connectivity index (χ2v) is 7.84. The average Bonchev–Trinajstić information content (AvgIpc) is 2.75. The van der Waals surface area contributed by atoms with Crippen LogP contribution in [0.1, 0.15) is 34.6 Å². The number of hydrogen-bond donors (Lipinski definition) is 1. The predicted molar refractivity (Wildman–Crippen MR) is 121 cm³/mol. The molecular formula is C22H23Cl2N3O4. The van der Waals surface area contributed by atoms with Gasteiger partial charge in [0.05, 0.1) is 33.6 Å². The Labute approximate surface area is 190 Å². The molecule has 9 heteroatoms. The van der Waals surface area contributed by atoms with Crippen molar-refractivity contribution < 1.29 is 19.1 Å². The van der Waals surface area contributed by atoms with Crippen molar-refractivity contribution in [2.75, 3.05) is 43.0 Å². The van der Waals surface area contributed by atoms with E-state index in [4.69, 9.17) is 27.9 Å². The molecule has 1 saturated heterocycles. The zero-order valence-electron chi connectivity index (χ0n) is 17.3. The Kier molecular flexibility index (Phi) is 7.41. The van der Waals surface area contributed by atoms with Crippen LogP contribution in [0, 0.1) is 0 Å². The molecule has 0 aliphatic carbocycles. The third-order valence-electron chi connectivity index (χ3n) is 5.00. The van der Waals surface area contributed by atoms with Crippen molar-refractivity contribution in [3.63, 3.8) is 0 Å². The summed E-state index contributed by atoms with van der Waals surface area (Å²) < 4.78 is 5.09. The maximum Gasteiger partial charge on any atom is 0.338 e. The van der Waals surface area contributed by atoms with Crippen molar-refractivity contribution in [1.82, 2.24) is 4.90 Å². The first-order chi connectivity index (χ1) is 14.8. The second kappa shape index (κ2) is 10.0. The lowest BCUT2D eigenvalue weighted by Gasteiger charge is -2.36. The number of carbonyl (C=O) groups is 3. The average molecular weight is 464 g/mol. The zero-order valence-corrected chi connectivity index (χ0v) is 18.8. The highest BCUT2D eigenvalue weighted by Crippen LogP contribution is 2.30. The standard InChI is InChI=1S/C22H23Cl2N3O4/c1-3-31-22(30)16-5-7-20(27-10-8-26(9-11-27)14(2)28)19(13-16)25-21(29)15-4-6-17(23)18(24)12-15/h4-7,12-13H,3,8-11H2,1-2H3,(H,25,29). The molecular weight excluding hydrogens is 441 g/mol. The molecule has 1 aliphatic heterocycles. The number of benzene rings is 2. The minimum absolute atomic E-state index is 0.0328. The molecule has 0 atom stereocenters. The summed E-state index contributed by atoms with van der Waals surface area (Å²) in [5, 5.41) is 3.50. The maximum atomic E-state index is 12.9. The predicted octanol–water partition coefficient (Wildman–Crippen LogP) is 4.09. The Morgan fingerprint density at radius 3 is 2.26 bits per heavy atom. The van der Waals surface area contributed by atoms with Crippen LogP contribution in [0.2, 0.25) is 10.0 Å². The number of rotatable bonds is 5. The third-order valence-corrected chi connectivity index (χ3v) is 5.74. The molecule has 1 heterocycles. The van der Waals surface area contributed by atoms with Crippen LogP contribution in [0.3, 0.4) is 0 Å². The van der Waals surface area contributed by atoms with Crippen molar-refractivity contribution in [1.29, 1.82) is 0 Å². The van der Waals surface area contributed by atoms with Crippen molar-refractivity contribution in [2.45, 2.75) is 13.8 Å². The van der Waals surface area contributed by atoms with Gasteiger partial charge >= 0.3 is 5.97 Å². The van der Waals surface area contributed by atoms with Gasteiger partial charge in [-0.15, -0.1) is 0 Å². The number of halogens is 2. The van der Waals surface area contributed by atoms with Gasteiger partial charge in [-0.2, -0.15) is 0 Å². The summed E-state index contributed by atoms with van der Waals surface area (Å²) in [6, 6.07) is 9.65. The molecule has 2 aromatic rings. The molecule has 31 heavy (non-hydrogen) atoms. The Morgan fingerprint density at radius 1 is 0.968 bits per heavy atom. The molecule has 164 valence electrons. The fraction of sp³-hybridized carbons (Fsp3) is 0.318. The molecule has 2 aromatic carbocycles. The lowest BCUT2D eigenvalue weighted by molar-refractivity contribution is -0.129. The normalized spacial score (nSPS) is 13.7. The van der Waals surface area contributed by atoms with Gasteiger partial charge in [-0.3, -0.25) is 9.59 Å². The molecule has 0 saturated carbocycles. The molecule has 0 bridgehead atoms. The largest absolute Gasteiger partial charge is 0.462 e. The number of amides is 2. The number of anilines is 2. The van der Waals surface area contributed by atoms with Gasteiger partial charge in [0.15, 0.2) is 0 Å². The van der Waals surface area contributed by atoms with Crippen molar-refractivity contribution in [3.05, 3.63) is 57.6 Å². The molecule has 2 amide bonds. The van der Waals surface area contributed by atoms with Gasteiger partial charge in [-0.05, 0) is 43.3 Å². The van der Waals surface area contributed by atoms with Crippen LogP contribution >= 0.6 is 23.2 Å². The molecule has 1 aliphatic rings. The van der Waals surface area contributed by atoms with E-state index in [2.05, 4.69) is 10.2 Å². The van der Waals surface area contributed by atoms with E-state index >= 15 is 0 Å². The molecule has 0 unspecified atom stereocenters. The fourth-order valence-electron chi connectivity index (χ4n) is 3.35. The Morgan fingerprint density at radius 2 is 1.65 bits per heavy atom. The van der Waals surface area contributed by atoms with Crippen LogP contribution in [-0.4, -0.2) is 55.5 Å². The SMILES string of the molecule is CCOC(=O)c1ccc(N2CCN(C(C)=O)CC2)c(NC(=O)c2ccc(Cl)c(Cl)c2)c1. The maximum absolute atomic E-state index is 12.9. The van der Waals surface area contributed by atoms with E-state index in [1.54, 1.807) is 49.1 Å². The summed E-state index contributed by atoms with van der Waals surface area (Å²) in [6.45, 7) is 5.89. The molecule has 3 rings (SSSR count). The zero-order chi connectivity index (χ0) is 22.5. The van der Waals surface area contributed by atoms with Crippen LogP contribution in [0.4, 0.5) is 11.4 Å². The Hall–Kier alpha value is -2.77. The van der Waals surface area contributed by atoms with Gasteiger partial charge in [-0.1, -0.05) is 23.2 Å². The van der Waals surface area contributed by atoms with E-state index in [9.17, 15) is 14.4 Å². The molecule has 0 radical (unpaired) electrons. The number of ether oxygens (including phenoxy) is 1. The van der Waals surface area contributed by atoms with Crippen LogP contribution in [0.15, 0.2) is 36.4 Å². The van der Waals surface area contributed by atoms with Crippen molar-refractivity contribution >= 4 is 52.4 Å². The summed E-state index contributed by atoms with van der Waals surface area (Å²) in [6.07, 6.45) is 0. The molecule has 1 fully saturated rings.